The lowest BCUT2D eigenvalue weighted by Crippen LogP contribution is -2.37. The summed E-state index contributed by atoms with van der Waals surface area (Å²) >= 11 is 8.24. The van der Waals surface area contributed by atoms with Crippen molar-refractivity contribution in [3.63, 3.8) is 0 Å². The van der Waals surface area contributed by atoms with Crippen molar-refractivity contribution in [2.45, 2.75) is 38.3 Å². The number of aliphatic hydroxyl groups excluding tert-OH is 1. The predicted octanol–water partition coefficient (Wildman–Crippen LogP) is 1.08. The smallest absolute Gasteiger partial charge is 0.323 e. The molecule has 0 bridgehead atoms. The minimum atomic E-state index is -4.21. The molecule has 1 amide bonds. The topological polar surface area (TPSA) is 195 Å². The lowest BCUT2D eigenvalue weighted by Gasteiger charge is -2.21. The number of carbonyl (C=O) groups is 3. The molecule has 18 heteroatoms. The van der Waals surface area contributed by atoms with Crippen LogP contribution in [0, 0.1) is 5.92 Å². The third-order valence-corrected chi connectivity index (χ3v) is 11.2. The molecule has 4 rings (SSSR count). The van der Waals surface area contributed by atoms with Crippen molar-refractivity contribution in [1.29, 1.82) is 0 Å². The van der Waals surface area contributed by atoms with Gasteiger partial charge in [-0.05, 0) is 41.7 Å². The SMILES string of the molecule is CC(C)C(/C=C1\Sc2ccc(CO)cc2N1CCCS(=O)(=O)O)=c1\s/c(=C2\SC(=S)N(CC(=O)O)C2=O)n(CC(=O)O)c1=O. The molecule has 0 unspecified atom stereocenters. The standard InChI is InChI=1S/C26H27N3O10S5/c1-13(2)15(9-18-27(6-3-7-44(37,38)39)16-8-14(12-30)4-5-17(16)41-18)21-23(35)28(10-19(31)32)25(42-21)22-24(36)29(11-20(33)34)26(40)43-22/h4-5,8-9,13,30H,3,6-7,10-12H2,1-2H3,(H,31,32)(H,33,34)(H,37,38,39)/b18-9-,21-15-,25-22-. The van der Waals surface area contributed by atoms with E-state index in [4.69, 9.17) is 12.2 Å². The van der Waals surface area contributed by atoms with Gasteiger partial charge in [0, 0.05) is 11.4 Å². The maximum atomic E-state index is 13.8. The van der Waals surface area contributed by atoms with Gasteiger partial charge in [0.1, 0.15) is 27.0 Å². The van der Waals surface area contributed by atoms with Crippen LogP contribution in [-0.2, 0) is 37.7 Å². The first kappa shape index (κ1) is 33.9. The lowest BCUT2D eigenvalue weighted by atomic mass is 10.0. The number of amides is 1. The number of nitrogens with zero attached hydrogens (tertiary/aromatic N) is 3. The molecule has 0 spiro atoms. The Kier molecular flexibility index (Phi) is 10.4. The average molecular weight is 702 g/mol. The van der Waals surface area contributed by atoms with Gasteiger partial charge in [-0.25, -0.2) is 0 Å². The zero-order valence-electron chi connectivity index (χ0n) is 23.3. The molecule has 2 aliphatic rings. The highest BCUT2D eigenvalue weighted by Crippen LogP contribution is 2.47. The van der Waals surface area contributed by atoms with Crippen LogP contribution in [0.5, 0.6) is 0 Å². The summed E-state index contributed by atoms with van der Waals surface area (Å²) in [7, 11) is -4.21. The number of fused-ring (bicyclic) bond motifs is 1. The summed E-state index contributed by atoms with van der Waals surface area (Å²) in [4.78, 5) is 53.4. The Morgan fingerprint density at radius 1 is 1.07 bits per heavy atom. The second-order valence-electron chi connectivity index (χ2n) is 9.95. The monoisotopic (exact) mass is 701 g/mol. The molecular weight excluding hydrogens is 675 g/mol. The predicted molar refractivity (Wildman–Crippen MR) is 171 cm³/mol. The van der Waals surface area contributed by atoms with Gasteiger partial charge in [0.15, 0.2) is 0 Å². The number of hydrogen-bond donors (Lipinski definition) is 4. The van der Waals surface area contributed by atoms with Crippen LogP contribution in [0.1, 0.15) is 25.8 Å². The summed E-state index contributed by atoms with van der Waals surface area (Å²) in [6.45, 7) is 2.19. The zero-order valence-corrected chi connectivity index (χ0v) is 27.3. The first-order chi connectivity index (χ1) is 20.6. The van der Waals surface area contributed by atoms with Gasteiger partial charge < -0.3 is 20.2 Å². The number of thioether (sulfide) groups is 2. The number of rotatable bonds is 11. The Morgan fingerprint density at radius 2 is 1.75 bits per heavy atom. The van der Waals surface area contributed by atoms with E-state index < -0.39 is 52.4 Å². The minimum Gasteiger partial charge on any atom is -0.480 e. The fourth-order valence-corrected chi connectivity index (χ4v) is 8.78. The van der Waals surface area contributed by atoms with Crippen molar-refractivity contribution in [2.24, 2.45) is 5.92 Å². The molecule has 3 heterocycles. The van der Waals surface area contributed by atoms with E-state index in [9.17, 15) is 47.5 Å². The Labute approximate surface area is 268 Å². The number of thiocarbonyl (C=S) groups is 1. The number of carbonyl (C=O) groups excluding carboxylic acids is 1. The molecule has 236 valence electrons. The molecule has 1 aromatic heterocycles. The molecule has 0 saturated carbocycles. The van der Waals surface area contributed by atoms with E-state index in [0.717, 1.165) is 37.5 Å². The van der Waals surface area contributed by atoms with Crippen LogP contribution < -0.4 is 19.7 Å². The highest BCUT2D eigenvalue weighted by molar-refractivity contribution is 8.30. The second kappa shape index (κ2) is 13.6. The number of aliphatic hydroxyl groups is 1. The second-order valence-corrected chi connectivity index (χ2v) is 15.2. The van der Waals surface area contributed by atoms with E-state index in [1.54, 1.807) is 18.2 Å². The summed E-state index contributed by atoms with van der Waals surface area (Å²) in [6.07, 6.45) is 1.83. The third-order valence-electron chi connectivity index (χ3n) is 6.44. The molecule has 2 aromatic rings. The Bertz CT molecular complexity index is 1880. The number of benzene rings is 1. The quantitative estimate of drug-likeness (QED) is 0.192. The molecular formula is C26H27N3O10S5. The van der Waals surface area contributed by atoms with Gasteiger partial charge in [0.2, 0.25) is 0 Å². The highest BCUT2D eigenvalue weighted by atomic mass is 32.2. The summed E-state index contributed by atoms with van der Waals surface area (Å²) in [6, 6.07) is 5.33. The van der Waals surface area contributed by atoms with Crippen LogP contribution in [0.3, 0.4) is 0 Å². The van der Waals surface area contributed by atoms with Crippen molar-refractivity contribution >= 4 is 95.5 Å². The summed E-state index contributed by atoms with van der Waals surface area (Å²) in [5.41, 5.74) is 1.20. The maximum Gasteiger partial charge on any atom is 0.323 e. The van der Waals surface area contributed by atoms with Gasteiger partial charge >= 0.3 is 11.9 Å². The number of anilines is 1. The first-order valence-electron chi connectivity index (χ1n) is 12.9. The Morgan fingerprint density at radius 3 is 2.34 bits per heavy atom. The van der Waals surface area contributed by atoms with Crippen LogP contribution in [0.25, 0.3) is 10.5 Å². The molecule has 0 aliphatic carbocycles. The fraction of sp³-hybridized carbons (Fsp3) is 0.346. The van der Waals surface area contributed by atoms with Gasteiger partial charge in [-0.3, -0.25) is 33.2 Å². The van der Waals surface area contributed by atoms with Gasteiger partial charge in [0.05, 0.1) is 27.6 Å². The number of thiazole rings is 1. The molecule has 1 aromatic carbocycles. The van der Waals surface area contributed by atoms with Crippen LogP contribution >= 0.6 is 47.1 Å². The van der Waals surface area contributed by atoms with E-state index in [1.807, 2.05) is 24.8 Å². The van der Waals surface area contributed by atoms with Crippen LogP contribution in [0.15, 0.2) is 39.0 Å². The number of carboxylic acids is 2. The molecule has 0 radical (unpaired) electrons. The summed E-state index contributed by atoms with van der Waals surface area (Å²) in [5.74, 6) is -4.11. The van der Waals surface area contributed by atoms with E-state index in [2.05, 4.69) is 0 Å². The third kappa shape index (κ3) is 7.44. The Hall–Kier alpha value is -3.00. The summed E-state index contributed by atoms with van der Waals surface area (Å²) in [5, 5.41) is 29.1. The zero-order chi connectivity index (χ0) is 32.5. The van der Waals surface area contributed by atoms with Crippen LogP contribution in [0.2, 0.25) is 0 Å². The van der Waals surface area contributed by atoms with E-state index in [0.29, 0.717) is 21.9 Å². The van der Waals surface area contributed by atoms with E-state index >= 15 is 0 Å². The van der Waals surface area contributed by atoms with Crippen molar-refractivity contribution in [3.8, 4) is 0 Å². The van der Waals surface area contributed by atoms with E-state index in [-0.39, 0.29) is 43.9 Å². The van der Waals surface area contributed by atoms with Gasteiger partial charge in [-0.1, -0.05) is 55.7 Å². The summed E-state index contributed by atoms with van der Waals surface area (Å²) < 4.78 is 33.2. The van der Waals surface area contributed by atoms with Crippen molar-refractivity contribution in [3.05, 3.63) is 54.4 Å². The molecule has 44 heavy (non-hydrogen) atoms. The molecule has 1 saturated heterocycles. The molecule has 13 nitrogen and oxygen atoms in total. The van der Waals surface area contributed by atoms with Crippen molar-refractivity contribution in [1.82, 2.24) is 9.47 Å². The lowest BCUT2D eigenvalue weighted by molar-refractivity contribution is -0.140. The number of carboxylic acid groups (broad SMARTS) is 2. The normalized spacial score (nSPS) is 18.1. The molecule has 1 fully saturated rings. The molecule has 0 atom stereocenters. The van der Waals surface area contributed by atoms with Crippen molar-refractivity contribution in [2.75, 3.05) is 23.7 Å². The van der Waals surface area contributed by atoms with E-state index in [1.165, 1.54) is 11.8 Å². The van der Waals surface area contributed by atoms with Gasteiger partial charge in [-0.15, -0.1) is 11.3 Å². The van der Waals surface area contributed by atoms with Crippen LogP contribution in [-0.4, -0.2) is 78.8 Å². The first-order valence-corrected chi connectivity index (χ1v) is 17.4. The van der Waals surface area contributed by atoms with Crippen molar-refractivity contribution < 1.29 is 42.7 Å². The maximum absolute atomic E-state index is 13.8. The Balaban J connectivity index is 1.93. The van der Waals surface area contributed by atoms with Crippen LogP contribution in [0.4, 0.5) is 5.69 Å². The van der Waals surface area contributed by atoms with Gasteiger partial charge in [0.25, 0.3) is 21.6 Å². The average Bonchev–Trinajstić information content (AvgIpc) is 3.52. The highest BCUT2D eigenvalue weighted by Gasteiger charge is 2.36. The molecule has 2 aliphatic heterocycles. The fourth-order valence-electron chi connectivity index (χ4n) is 4.45. The number of allylic oxidation sites excluding steroid dienone is 1. The minimum absolute atomic E-state index is 0.0326. The molecule has 4 N–H and O–H groups in total. The number of aliphatic carboxylic acids is 2. The largest absolute Gasteiger partial charge is 0.480 e. The number of hydrogen-bond acceptors (Lipinski definition) is 12. The van der Waals surface area contributed by atoms with Gasteiger partial charge in [-0.2, -0.15) is 8.42 Å². The number of aromatic nitrogens is 1.